The van der Waals surface area contributed by atoms with Gasteiger partial charge in [-0.05, 0) is 39.4 Å². The van der Waals surface area contributed by atoms with Crippen molar-refractivity contribution < 1.29 is 17.5 Å². The normalized spacial score (nSPS) is 20.5. The maximum Gasteiger partial charge on any atom is 0.266 e. The number of rotatable bonds is 6. The van der Waals surface area contributed by atoms with Gasteiger partial charge in [-0.3, -0.25) is 4.72 Å². The lowest BCUT2D eigenvalue weighted by Gasteiger charge is -2.27. The SMILES string of the molecule is CN(C)C1CCC[C@@H]1Oc1cc(F)c(S(=O)(=O)Nc2nccs2)cc1Cl. The highest BCUT2D eigenvalue weighted by atomic mass is 35.5. The van der Waals surface area contributed by atoms with E-state index in [4.69, 9.17) is 16.3 Å². The number of ether oxygens (including phenoxy) is 1. The molecule has 0 bridgehead atoms. The predicted octanol–water partition coefficient (Wildman–Crippen LogP) is 3.60. The molecule has 0 saturated heterocycles. The Labute approximate surface area is 161 Å². The number of hydrogen-bond donors (Lipinski definition) is 1. The zero-order valence-corrected chi connectivity index (χ0v) is 16.7. The van der Waals surface area contributed by atoms with Crippen molar-refractivity contribution >= 4 is 38.1 Å². The summed E-state index contributed by atoms with van der Waals surface area (Å²) >= 11 is 7.28. The molecule has 0 radical (unpaired) electrons. The van der Waals surface area contributed by atoms with Crippen LogP contribution in [0.5, 0.6) is 5.75 Å². The number of hydrogen-bond acceptors (Lipinski definition) is 6. The number of benzene rings is 1. The molecule has 10 heteroatoms. The first-order chi connectivity index (χ1) is 12.3. The topological polar surface area (TPSA) is 71.5 Å². The summed E-state index contributed by atoms with van der Waals surface area (Å²) in [7, 11) is -0.196. The van der Waals surface area contributed by atoms with Gasteiger partial charge in [0.1, 0.15) is 22.6 Å². The molecule has 1 aliphatic carbocycles. The summed E-state index contributed by atoms with van der Waals surface area (Å²) in [6.07, 6.45) is 4.18. The molecule has 0 aliphatic heterocycles. The van der Waals surface area contributed by atoms with Crippen LogP contribution < -0.4 is 9.46 Å². The van der Waals surface area contributed by atoms with Crippen LogP contribution in [0.1, 0.15) is 19.3 Å². The third-order valence-corrected chi connectivity index (χ3v) is 6.76. The summed E-state index contributed by atoms with van der Waals surface area (Å²) in [4.78, 5) is 5.36. The summed E-state index contributed by atoms with van der Waals surface area (Å²) < 4.78 is 47.4. The van der Waals surface area contributed by atoms with Gasteiger partial charge in [0.25, 0.3) is 10.0 Å². The van der Waals surface area contributed by atoms with Crippen LogP contribution in [0.15, 0.2) is 28.6 Å². The number of nitrogens with zero attached hydrogens (tertiary/aromatic N) is 2. The minimum atomic E-state index is -4.13. The lowest BCUT2D eigenvalue weighted by atomic mass is 10.2. The van der Waals surface area contributed by atoms with E-state index in [1.54, 1.807) is 5.38 Å². The van der Waals surface area contributed by atoms with Crippen molar-refractivity contribution in [2.45, 2.75) is 36.3 Å². The van der Waals surface area contributed by atoms with Crippen molar-refractivity contribution in [3.63, 3.8) is 0 Å². The van der Waals surface area contributed by atoms with E-state index in [9.17, 15) is 12.8 Å². The lowest BCUT2D eigenvalue weighted by Crippen LogP contribution is -2.38. The molecule has 6 nitrogen and oxygen atoms in total. The van der Waals surface area contributed by atoms with E-state index >= 15 is 0 Å². The quantitative estimate of drug-likeness (QED) is 0.774. The first-order valence-electron chi connectivity index (χ1n) is 8.02. The highest BCUT2D eigenvalue weighted by Gasteiger charge is 2.32. The Kier molecular flexibility index (Phi) is 5.71. The van der Waals surface area contributed by atoms with E-state index in [-0.39, 0.29) is 28.0 Å². The van der Waals surface area contributed by atoms with Gasteiger partial charge >= 0.3 is 0 Å². The predicted molar refractivity (Wildman–Crippen MR) is 100 cm³/mol. The van der Waals surface area contributed by atoms with E-state index < -0.39 is 20.7 Å². The third-order valence-electron chi connectivity index (χ3n) is 4.29. The van der Waals surface area contributed by atoms with Gasteiger partial charge in [-0.25, -0.2) is 17.8 Å². The number of anilines is 1. The van der Waals surface area contributed by atoms with E-state index in [1.165, 1.54) is 6.20 Å². The summed E-state index contributed by atoms with van der Waals surface area (Å²) in [6, 6.07) is 2.31. The Bertz CT molecular complexity index is 875. The van der Waals surface area contributed by atoms with Gasteiger partial charge in [-0.2, -0.15) is 0 Å². The summed E-state index contributed by atoms with van der Waals surface area (Å²) in [5.74, 6) is -0.774. The van der Waals surface area contributed by atoms with Gasteiger partial charge in [0.15, 0.2) is 5.13 Å². The minimum Gasteiger partial charge on any atom is -0.487 e. The molecule has 1 unspecified atom stereocenters. The van der Waals surface area contributed by atoms with Crippen molar-refractivity contribution in [2.75, 3.05) is 18.8 Å². The van der Waals surface area contributed by atoms with Gasteiger partial charge in [0.05, 0.1) is 5.02 Å². The average molecular weight is 420 g/mol. The maximum atomic E-state index is 14.5. The highest BCUT2D eigenvalue weighted by molar-refractivity contribution is 7.93. The summed E-state index contributed by atoms with van der Waals surface area (Å²) in [5, 5.41) is 1.82. The van der Waals surface area contributed by atoms with Crippen LogP contribution in [-0.4, -0.2) is 44.5 Å². The molecule has 1 aromatic carbocycles. The van der Waals surface area contributed by atoms with Gasteiger partial charge < -0.3 is 9.64 Å². The van der Waals surface area contributed by atoms with Gasteiger partial charge in [0.2, 0.25) is 0 Å². The highest BCUT2D eigenvalue weighted by Crippen LogP contribution is 2.34. The molecule has 1 aliphatic rings. The molecule has 1 saturated carbocycles. The second-order valence-electron chi connectivity index (χ2n) is 6.27. The van der Waals surface area contributed by atoms with Crippen LogP contribution in [0.4, 0.5) is 9.52 Å². The molecule has 142 valence electrons. The van der Waals surface area contributed by atoms with Crippen LogP contribution in [0, 0.1) is 5.82 Å². The minimum absolute atomic E-state index is 0.0512. The van der Waals surface area contributed by atoms with E-state index in [1.807, 2.05) is 14.1 Å². The second kappa shape index (κ2) is 7.67. The number of halogens is 2. The Balaban J connectivity index is 1.84. The molecular weight excluding hydrogens is 401 g/mol. The lowest BCUT2D eigenvalue weighted by molar-refractivity contribution is 0.121. The monoisotopic (exact) mass is 419 g/mol. The Morgan fingerprint density at radius 1 is 1.38 bits per heavy atom. The standard InChI is InChI=1S/C16H19ClFN3O3S2/c1-21(2)12-4-3-5-13(12)24-14-9-11(18)15(8-10(14)17)26(22,23)20-16-19-6-7-25-16/h6-9,12-13H,3-5H2,1-2H3,(H,19,20)/t12?,13-/m0/s1. The van der Waals surface area contributed by atoms with E-state index in [0.717, 1.165) is 42.7 Å². The number of thiazole rings is 1. The van der Waals surface area contributed by atoms with Crippen LogP contribution >= 0.6 is 22.9 Å². The molecule has 2 atom stereocenters. The second-order valence-corrected chi connectivity index (χ2v) is 9.23. The maximum absolute atomic E-state index is 14.5. The van der Waals surface area contributed by atoms with Crippen LogP contribution in [0.3, 0.4) is 0 Å². The third kappa shape index (κ3) is 4.11. The number of sulfonamides is 1. The van der Waals surface area contributed by atoms with Gasteiger partial charge in [0, 0.05) is 23.7 Å². The zero-order chi connectivity index (χ0) is 18.9. The zero-order valence-electron chi connectivity index (χ0n) is 14.3. The van der Waals surface area contributed by atoms with Crippen molar-refractivity contribution in [1.29, 1.82) is 0 Å². The first kappa shape index (κ1) is 19.3. The van der Waals surface area contributed by atoms with Crippen molar-refractivity contribution in [2.24, 2.45) is 0 Å². The van der Waals surface area contributed by atoms with Crippen molar-refractivity contribution in [3.05, 3.63) is 34.5 Å². The van der Waals surface area contributed by atoms with E-state index in [0.29, 0.717) is 0 Å². The Morgan fingerprint density at radius 3 is 2.81 bits per heavy atom. The fraction of sp³-hybridized carbons (Fsp3) is 0.438. The first-order valence-corrected chi connectivity index (χ1v) is 10.8. The van der Waals surface area contributed by atoms with E-state index in [2.05, 4.69) is 14.6 Å². The number of aromatic nitrogens is 1. The molecule has 1 N–H and O–H groups in total. The molecule has 3 rings (SSSR count). The molecule has 1 fully saturated rings. The summed E-state index contributed by atoms with van der Waals surface area (Å²) in [6.45, 7) is 0. The molecular formula is C16H19ClFN3O3S2. The van der Waals surface area contributed by atoms with Crippen molar-refractivity contribution in [1.82, 2.24) is 9.88 Å². The van der Waals surface area contributed by atoms with Gasteiger partial charge in [-0.15, -0.1) is 11.3 Å². The number of nitrogens with one attached hydrogen (secondary N) is 1. The molecule has 1 heterocycles. The molecule has 26 heavy (non-hydrogen) atoms. The fourth-order valence-corrected chi connectivity index (χ4v) is 5.20. The Morgan fingerprint density at radius 2 is 2.15 bits per heavy atom. The van der Waals surface area contributed by atoms with Crippen LogP contribution in [-0.2, 0) is 10.0 Å². The average Bonchev–Trinajstić information content (AvgIpc) is 3.21. The largest absolute Gasteiger partial charge is 0.487 e. The molecule has 1 aromatic heterocycles. The molecule has 2 aromatic rings. The van der Waals surface area contributed by atoms with Crippen LogP contribution in [0.25, 0.3) is 0 Å². The molecule has 0 amide bonds. The van der Waals surface area contributed by atoms with Gasteiger partial charge in [-0.1, -0.05) is 11.6 Å². The Hall–Kier alpha value is -1.42. The van der Waals surface area contributed by atoms with Crippen LogP contribution in [0.2, 0.25) is 5.02 Å². The smallest absolute Gasteiger partial charge is 0.266 e. The van der Waals surface area contributed by atoms with Crippen molar-refractivity contribution in [3.8, 4) is 5.75 Å². The number of likely N-dealkylation sites (N-methyl/N-ethyl adjacent to an activating group) is 1. The molecule has 0 spiro atoms. The fourth-order valence-electron chi connectivity index (χ4n) is 3.05. The summed E-state index contributed by atoms with van der Waals surface area (Å²) in [5.41, 5.74) is 0.